The van der Waals surface area contributed by atoms with Crippen LogP contribution in [-0.2, 0) is 14.3 Å². The van der Waals surface area contributed by atoms with E-state index in [-0.39, 0.29) is 23.8 Å². The van der Waals surface area contributed by atoms with Crippen LogP contribution in [0.1, 0.15) is 53.9 Å². The Balaban J connectivity index is 2.53. The molecule has 2 amide bonds. The second kappa shape index (κ2) is 8.35. The van der Waals surface area contributed by atoms with Gasteiger partial charge < -0.3 is 20.1 Å². The first-order valence-corrected chi connectivity index (χ1v) is 8.56. The molecular weight excluding hydrogens is 312 g/mol. The molecule has 0 aromatic rings. The molecule has 1 unspecified atom stereocenters. The molecule has 2 N–H and O–H groups in total. The van der Waals surface area contributed by atoms with Gasteiger partial charge in [-0.25, -0.2) is 9.59 Å². The minimum atomic E-state index is -1.01. The normalized spacial score (nSPS) is 18.6. The maximum atomic E-state index is 12.3. The summed E-state index contributed by atoms with van der Waals surface area (Å²) in [5.74, 6) is -1.65. The third-order valence-electron chi connectivity index (χ3n) is 4.29. The molecule has 1 aliphatic rings. The van der Waals surface area contributed by atoms with E-state index in [1.54, 1.807) is 4.90 Å². The predicted molar refractivity (Wildman–Crippen MR) is 89.6 cm³/mol. The molecule has 7 heteroatoms. The lowest BCUT2D eigenvalue weighted by molar-refractivity contribution is -0.144. The first-order valence-electron chi connectivity index (χ1n) is 8.56. The van der Waals surface area contributed by atoms with Crippen molar-refractivity contribution in [2.24, 2.45) is 11.8 Å². The molecule has 0 aliphatic carbocycles. The molecule has 1 saturated heterocycles. The van der Waals surface area contributed by atoms with Crippen LogP contribution in [0.15, 0.2) is 0 Å². The number of carboxylic acids is 1. The number of carbonyl (C=O) groups is 3. The number of carboxylic acid groups (broad SMARTS) is 1. The molecule has 1 rings (SSSR count). The molecule has 2 atom stereocenters. The van der Waals surface area contributed by atoms with E-state index in [1.807, 2.05) is 34.6 Å². The fourth-order valence-corrected chi connectivity index (χ4v) is 2.60. The maximum Gasteiger partial charge on any atom is 0.410 e. The summed E-state index contributed by atoms with van der Waals surface area (Å²) in [6.07, 6.45) is 1.33. The van der Waals surface area contributed by atoms with Crippen molar-refractivity contribution in [2.75, 3.05) is 13.1 Å². The van der Waals surface area contributed by atoms with E-state index in [2.05, 4.69) is 5.32 Å². The SMILES string of the molecule is CCC(C)[C@H](NC(=O)C1CCN(C(=O)OC(C)(C)C)CC1)C(=O)O. The Labute approximate surface area is 143 Å². The number of likely N-dealkylation sites (tertiary alicyclic amines) is 1. The van der Waals surface area contributed by atoms with Gasteiger partial charge in [-0.2, -0.15) is 0 Å². The highest BCUT2D eigenvalue weighted by Gasteiger charge is 2.32. The quantitative estimate of drug-likeness (QED) is 0.799. The van der Waals surface area contributed by atoms with Crippen molar-refractivity contribution >= 4 is 18.0 Å². The van der Waals surface area contributed by atoms with Crippen LogP contribution in [0.4, 0.5) is 4.79 Å². The molecule has 0 bridgehead atoms. The van der Waals surface area contributed by atoms with E-state index in [1.165, 1.54) is 0 Å². The Bertz CT molecular complexity index is 464. The highest BCUT2D eigenvalue weighted by atomic mass is 16.6. The number of piperidine rings is 1. The highest BCUT2D eigenvalue weighted by molar-refractivity contribution is 5.85. The maximum absolute atomic E-state index is 12.3. The molecule has 1 aliphatic heterocycles. The Morgan fingerprint density at radius 1 is 1.25 bits per heavy atom. The van der Waals surface area contributed by atoms with Gasteiger partial charge in [0.1, 0.15) is 11.6 Å². The second-order valence-electron chi connectivity index (χ2n) is 7.45. The molecule has 0 radical (unpaired) electrons. The van der Waals surface area contributed by atoms with Gasteiger partial charge >= 0.3 is 12.1 Å². The van der Waals surface area contributed by atoms with Gasteiger partial charge in [0.05, 0.1) is 0 Å². The van der Waals surface area contributed by atoms with Crippen LogP contribution in [0.25, 0.3) is 0 Å². The first kappa shape index (κ1) is 20.3. The van der Waals surface area contributed by atoms with Crippen molar-refractivity contribution in [3.63, 3.8) is 0 Å². The van der Waals surface area contributed by atoms with Crippen LogP contribution in [0.5, 0.6) is 0 Å². The van der Waals surface area contributed by atoms with Crippen LogP contribution < -0.4 is 5.32 Å². The summed E-state index contributed by atoms with van der Waals surface area (Å²) in [7, 11) is 0. The van der Waals surface area contributed by atoms with E-state index < -0.39 is 17.6 Å². The molecule has 0 aromatic carbocycles. The zero-order chi connectivity index (χ0) is 18.5. The zero-order valence-corrected chi connectivity index (χ0v) is 15.3. The summed E-state index contributed by atoms with van der Waals surface area (Å²) in [6, 6.07) is -0.869. The van der Waals surface area contributed by atoms with Crippen molar-refractivity contribution in [3.05, 3.63) is 0 Å². The number of nitrogens with one attached hydrogen (secondary N) is 1. The van der Waals surface area contributed by atoms with Gasteiger partial charge in [0.15, 0.2) is 0 Å². The molecule has 7 nitrogen and oxygen atoms in total. The van der Waals surface area contributed by atoms with Crippen molar-refractivity contribution < 1.29 is 24.2 Å². The number of hydrogen-bond donors (Lipinski definition) is 2. The predicted octanol–water partition coefficient (Wildman–Crippen LogP) is 2.25. The number of aliphatic carboxylic acids is 1. The van der Waals surface area contributed by atoms with Crippen molar-refractivity contribution in [3.8, 4) is 0 Å². The highest BCUT2D eigenvalue weighted by Crippen LogP contribution is 2.20. The number of carbonyl (C=O) groups excluding carboxylic acids is 2. The lowest BCUT2D eigenvalue weighted by Gasteiger charge is -2.33. The average Bonchev–Trinajstić information content (AvgIpc) is 2.49. The Morgan fingerprint density at radius 3 is 2.21 bits per heavy atom. The molecule has 0 saturated carbocycles. The standard InChI is InChI=1S/C17H30N2O5/c1-6-11(2)13(15(21)22)18-14(20)12-7-9-19(10-8-12)16(23)24-17(3,4)5/h11-13H,6-10H2,1-5H3,(H,18,20)(H,21,22)/t11?,13-/m0/s1. The third-order valence-corrected chi connectivity index (χ3v) is 4.29. The second-order valence-corrected chi connectivity index (χ2v) is 7.45. The lowest BCUT2D eigenvalue weighted by atomic mass is 9.94. The molecule has 24 heavy (non-hydrogen) atoms. The van der Waals surface area contributed by atoms with E-state index in [0.29, 0.717) is 32.4 Å². The van der Waals surface area contributed by atoms with Gasteiger partial charge in [-0.05, 0) is 39.5 Å². The molecule has 1 heterocycles. The minimum absolute atomic E-state index is 0.131. The number of amides is 2. The lowest BCUT2D eigenvalue weighted by Crippen LogP contribution is -2.50. The van der Waals surface area contributed by atoms with E-state index in [9.17, 15) is 19.5 Å². The molecule has 0 aromatic heterocycles. The Hall–Kier alpha value is -1.79. The van der Waals surface area contributed by atoms with Gasteiger partial charge in [0.2, 0.25) is 5.91 Å². The van der Waals surface area contributed by atoms with Crippen LogP contribution in [0.3, 0.4) is 0 Å². The molecule has 138 valence electrons. The monoisotopic (exact) mass is 342 g/mol. The summed E-state index contributed by atoms with van der Waals surface area (Å²) >= 11 is 0. The van der Waals surface area contributed by atoms with Crippen molar-refractivity contribution in [2.45, 2.75) is 65.5 Å². The zero-order valence-electron chi connectivity index (χ0n) is 15.3. The number of ether oxygens (including phenoxy) is 1. The van der Waals surface area contributed by atoms with Crippen LogP contribution >= 0.6 is 0 Å². The third kappa shape index (κ3) is 6.02. The summed E-state index contributed by atoms with van der Waals surface area (Å²) in [6.45, 7) is 10.0. The van der Waals surface area contributed by atoms with Crippen molar-refractivity contribution in [1.29, 1.82) is 0 Å². The average molecular weight is 342 g/mol. The van der Waals surface area contributed by atoms with Gasteiger partial charge in [0, 0.05) is 19.0 Å². The molecule has 1 fully saturated rings. The smallest absolute Gasteiger partial charge is 0.410 e. The van der Waals surface area contributed by atoms with Gasteiger partial charge in [-0.1, -0.05) is 20.3 Å². The fraction of sp³-hybridized carbons (Fsp3) is 0.824. The largest absolute Gasteiger partial charge is 0.480 e. The topological polar surface area (TPSA) is 95.9 Å². The van der Waals surface area contributed by atoms with E-state index in [0.717, 1.165) is 0 Å². The van der Waals surface area contributed by atoms with Crippen LogP contribution in [0.2, 0.25) is 0 Å². The number of hydrogen-bond acceptors (Lipinski definition) is 4. The van der Waals surface area contributed by atoms with Crippen LogP contribution in [-0.4, -0.2) is 52.7 Å². The van der Waals surface area contributed by atoms with Gasteiger partial charge in [0.25, 0.3) is 0 Å². The summed E-state index contributed by atoms with van der Waals surface area (Å²) < 4.78 is 5.32. The number of rotatable bonds is 5. The Kier molecular flexibility index (Phi) is 7.05. The number of nitrogens with zero attached hydrogens (tertiary/aromatic N) is 1. The summed E-state index contributed by atoms with van der Waals surface area (Å²) in [4.78, 5) is 37.2. The van der Waals surface area contributed by atoms with Gasteiger partial charge in [-0.3, -0.25) is 4.79 Å². The molecular formula is C17H30N2O5. The van der Waals surface area contributed by atoms with Gasteiger partial charge in [-0.15, -0.1) is 0 Å². The summed E-state index contributed by atoms with van der Waals surface area (Å²) in [5, 5.41) is 11.9. The van der Waals surface area contributed by atoms with E-state index >= 15 is 0 Å². The summed E-state index contributed by atoms with van der Waals surface area (Å²) in [5.41, 5.74) is -0.545. The van der Waals surface area contributed by atoms with Crippen molar-refractivity contribution in [1.82, 2.24) is 10.2 Å². The van der Waals surface area contributed by atoms with E-state index in [4.69, 9.17) is 4.74 Å². The fourth-order valence-electron chi connectivity index (χ4n) is 2.60. The van der Waals surface area contributed by atoms with Crippen LogP contribution in [0, 0.1) is 11.8 Å². The first-order chi connectivity index (χ1) is 11.0. The molecule has 0 spiro atoms. The minimum Gasteiger partial charge on any atom is -0.480 e. The Morgan fingerprint density at radius 2 is 1.79 bits per heavy atom.